The molecule has 2 aliphatic rings. The van der Waals surface area contributed by atoms with E-state index in [9.17, 15) is 9.59 Å². The number of amides is 2. The van der Waals surface area contributed by atoms with Gasteiger partial charge in [-0.2, -0.15) is 0 Å². The minimum atomic E-state index is -0.342. The molecule has 1 aliphatic carbocycles. The maximum atomic E-state index is 12.1. The molecule has 0 bridgehead atoms. The lowest BCUT2D eigenvalue weighted by Crippen LogP contribution is -2.32. The molecule has 118 valence electrons. The van der Waals surface area contributed by atoms with Crippen molar-refractivity contribution in [3.63, 3.8) is 0 Å². The summed E-state index contributed by atoms with van der Waals surface area (Å²) < 4.78 is 5.35. The van der Waals surface area contributed by atoms with Gasteiger partial charge < -0.3 is 15.4 Å². The van der Waals surface area contributed by atoms with Crippen molar-refractivity contribution in [1.29, 1.82) is 0 Å². The molecule has 5 heteroatoms. The standard InChI is InChI=1S/C17H22N2O3/c20-16(18-13-4-1-2-5-13)12-7-9-14(10-8-12)19-17(21)15-6-3-11-22-15/h7-10,13,15H,1-6,11H2,(H,18,20)(H,19,21). The summed E-state index contributed by atoms with van der Waals surface area (Å²) in [5, 5.41) is 5.88. The SMILES string of the molecule is O=C(NC1CCCC1)c1ccc(NC(=O)C2CCCO2)cc1. The van der Waals surface area contributed by atoms with E-state index in [4.69, 9.17) is 4.74 Å². The van der Waals surface area contributed by atoms with Crippen molar-refractivity contribution in [2.24, 2.45) is 0 Å². The third kappa shape index (κ3) is 3.65. The second-order valence-corrected chi connectivity index (χ2v) is 6.02. The van der Waals surface area contributed by atoms with Crippen molar-refractivity contribution in [3.8, 4) is 0 Å². The predicted octanol–water partition coefficient (Wildman–Crippen LogP) is 2.48. The van der Waals surface area contributed by atoms with E-state index in [-0.39, 0.29) is 17.9 Å². The van der Waals surface area contributed by atoms with Gasteiger partial charge in [0.1, 0.15) is 6.10 Å². The number of benzene rings is 1. The van der Waals surface area contributed by atoms with E-state index >= 15 is 0 Å². The average molecular weight is 302 g/mol. The van der Waals surface area contributed by atoms with Crippen LogP contribution in [0.4, 0.5) is 5.69 Å². The smallest absolute Gasteiger partial charge is 0.253 e. The van der Waals surface area contributed by atoms with Gasteiger partial charge in [0.25, 0.3) is 11.8 Å². The molecule has 1 atom stereocenters. The Hall–Kier alpha value is -1.88. The van der Waals surface area contributed by atoms with E-state index in [0.29, 0.717) is 23.9 Å². The summed E-state index contributed by atoms with van der Waals surface area (Å²) in [5.74, 6) is -0.149. The first-order valence-corrected chi connectivity index (χ1v) is 8.06. The molecule has 2 N–H and O–H groups in total. The topological polar surface area (TPSA) is 67.4 Å². The quantitative estimate of drug-likeness (QED) is 0.898. The summed E-state index contributed by atoms with van der Waals surface area (Å²) in [6, 6.07) is 7.32. The maximum Gasteiger partial charge on any atom is 0.253 e. The largest absolute Gasteiger partial charge is 0.368 e. The Kier molecular flexibility index (Phi) is 4.73. The molecular formula is C17H22N2O3. The highest BCUT2D eigenvalue weighted by Crippen LogP contribution is 2.19. The zero-order chi connectivity index (χ0) is 15.4. The number of anilines is 1. The molecule has 0 aromatic heterocycles. The van der Waals surface area contributed by atoms with Gasteiger partial charge in [0.05, 0.1) is 0 Å². The lowest BCUT2D eigenvalue weighted by molar-refractivity contribution is -0.124. The minimum absolute atomic E-state index is 0.0381. The first-order chi connectivity index (χ1) is 10.7. The normalized spacial score (nSPS) is 21.7. The monoisotopic (exact) mass is 302 g/mol. The van der Waals surface area contributed by atoms with Crippen molar-refractivity contribution in [3.05, 3.63) is 29.8 Å². The molecule has 1 aliphatic heterocycles. The average Bonchev–Trinajstić information content (AvgIpc) is 3.21. The van der Waals surface area contributed by atoms with E-state index < -0.39 is 0 Å². The van der Waals surface area contributed by atoms with Crippen LogP contribution >= 0.6 is 0 Å². The highest BCUT2D eigenvalue weighted by atomic mass is 16.5. The molecular weight excluding hydrogens is 280 g/mol. The summed E-state index contributed by atoms with van der Waals surface area (Å²) in [7, 11) is 0. The van der Waals surface area contributed by atoms with Crippen LogP contribution in [-0.4, -0.2) is 30.6 Å². The molecule has 2 fully saturated rings. The van der Waals surface area contributed by atoms with Crippen molar-refractivity contribution < 1.29 is 14.3 Å². The van der Waals surface area contributed by atoms with Gasteiger partial charge in [0, 0.05) is 23.9 Å². The van der Waals surface area contributed by atoms with Crippen LogP contribution in [0.2, 0.25) is 0 Å². The van der Waals surface area contributed by atoms with Crippen LogP contribution in [0.15, 0.2) is 24.3 Å². The van der Waals surface area contributed by atoms with Crippen molar-refractivity contribution in [2.45, 2.75) is 50.7 Å². The van der Waals surface area contributed by atoms with Crippen LogP contribution in [0.5, 0.6) is 0 Å². The van der Waals surface area contributed by atoms with Gasteiger partial charge in [-0.3, -0.25) is 9.59 Å². The molecule has 22 heavy (non-hydrogen) atoms. The third-order valence-corrected chi connectivity index (χ3v) is 4.33. The van der Waals surface area contributed by atoms with Crippen LogP contribution in [-0.2, 0) is 9.53 Å². The van der Waals surface area contributed by atoms with Crippen molar-refractivity contribution in [2.75, 3.05) is 11.9 Å². The zero-order valence-corrected chi connectivity index (χ0v) is 12.6. The predicted molar refractivity (Wildman–Crippen MR) is 83.8 cm³/mol. The first-order valence-electron chi connectivity index (χ1n) is 8.06. The number of hydrogen-bond donors (Lipinski definition) is 2. The number of rotatable bonds is 4. The van der Waals surface area contributed by atoms with Gasteiger partial charge in [-0.25, -0.2) is 0 Å². The zero-order valence-electron chi connectivity index (χ0n) is 12.6. The van der Waals surface area contributed by atoms with Crippen molar-refractivity contribution >= 4 is 17.5 Å². The number of nitrogens with one attached hydrogen (secondary N) is 2. The Morgan fingerprint density at radius 2 is 1.73 bits per heavy atom. The lowest BCUT2D eigenvalue weighted by atomic mass is 10.1. The van der Waals surface area contributed by atoms with Gasteiger partial charge in [0.15, 0.2) is 0 Å². The molecule has 1 unspecified atom stereocenters. The van der Waals surface area contributed by atoms with Gasteiger partial charge in [-0.05, 0) is 49.9 Å². The number of ether oxygens (including phenoxy) is 1. The first kappa shape index (κ1) is 15.0. The Morgan fingerprint density at radius 1 is 1.00 bits per heavy atom. The molecule has 0 radical (unpaired) electrons. The van der Waals surface area contributed by atoms with Crippen LogP contribution < -0.4 is 10.6 Å². The summed E-state index contributed by atoms with van der Waals surface area (Å²) in [5.41, 5.74) is 1.32. The number of carbonyl (C=O) groups excluding carboxylic acids is 2. The Balaban J connectivity index is 1.55. The van der Waals surface area contributed by atoms with Crippen molar-refractivity contribution in [1.82, 2.24) is 5.32 Å². The lowest BCUT2D eigenvalue weighted by Gasteiger charge is -2.13. The number of hydrogen-bond acceptors (Lipinski definition) is 3. The fourth-order valence-electron chi connectivity index (χ4n) is 3.05. The van der Waals surface area contributed by atoms with Crippen LogP contribution in [0.25, 0.3) is 0 Å². The number of carbonyl (C=O) groups is 2. The Bertz CT molecular complexity index is 529. The van der Waals surface area contributed by atoms with Crippen LogP contribution in [0.3, 0.4) is 0 Å². The highest BCUT2D eigenvalue weighted by Gasteiger charge is 2.23. The van der Waals surface area contributed by atoms with Gasteiger partial charge in [0.2, 0.25) is 0 Å². The molecule has 0 spiro atoms. The van der Waals surface area contributed by atoms with E-state index in [1.807, 2.05) is 0 Å². The molecule has 1 saturated carbocycles. The van der Waals surface area contributed by atoms with E-state index in [1.54, 1.807) is 24.3 Å². The molecule has 1 saturated heterocycles. The van der Waals surface area contributed by atoms with Gasteiger partial charge in [-0.1, -0.05) is 12.8 Å². The molecule has 3 rings (SSSR count). The molecule has 1 aromatic carbocycles. The second kappa shape index (κ2) is 6.92. The Morgan fingerprint density at radius 3 is 2.36 bits per heavy atom. The molecule has 2 amide bonds. The second-order valence-electron chi connectivity index (χ2n) is 6.02. The van der Waals surface area contributed by atoms with Crippen LogP contribution in [0.1, 0.15) is 48.9 Å². The fraction of sp³-hybridized carbons (Fsp3) is 0.529. The molecule has 5 nitrogen and oxygen atoms in total. The Labute approximate surface area is 130 Å². The van der Waals surface area contributed by atoms with Gasteiger partial charge in [-0.15, -0.1) is 0 Å². The molecule has 1 heterocycles. The van der Waals surface area contributed by atoms with E-state index in [2.05, 4.69) is 10.6 Å². The fourth-order valence-corrected chi connectivity index (χ4v) is 3.05. The van der Waals surface area contributed by atoms with Crippen LogP contribution in [0, 0.1) is 0 Å². The summed E-state index contributed by atoms with van der Waals surface area (Å²) >= 11 is 0. The van der Waals surface area contributed by atoms with Gasteiger partial charge >= 0.3 is 0 Å². The maximum absolute atomic E-state index is 12.1. The highest BCUT2D eigenvalue weighted by molar-refractivity contribution is 5.97. The molecule has 1 aromatic rings. The summed E-state index contributed by atoms with van der Waals surface area (Å²) in [6.07, 6.45) is 5.89. The van der Waals surface area contributed by atoms with E-state index in [1.165, 1.54) is 12.8 Å². The third-order valence-electron chi connectivity index (χ3n) is 4.33. The minimum Gasteiger partial charge on any atom is -0.368 e. The van der Waals surface area contributed by atoms with E-state index in [0.717, 1.165) is 25.7 Å². The summed E-state index contributed by atoms with van der Waals surface area (Å²) in [6.45, 7) is 0.651. The summed E-state index contributed by atoms with van der Waals surface area (Å²) in [4.78, 5) is 24.1.